The number of alkyl halides is 3. The van der Waals surface area contributed by atoms with Crippen LogP contribution < -0.4 is 0 Å². The molecule has 0 aliphatic rings. The van der Waals surface area contributed by atoms with Gasteiger partial charge in [0.05, 0.1) is 28.0 Å². The summed E-state index contributed by atoms with van der Waals surface area (Å²) in [6.07, 6.45) is -4.58. The van der Waals surface area contributed by atoms with Gasteiger partial charge in [-0.25, -0.2) is 14.1 Å². The smallest absolute Gasteiger partial charge is 0.228 e. The molecule has 2 aromatic carbocycles. The molecule has 2 aromatic heterocycles. The van der Waals surface area contributed by atoms with E-state index in [1.165, 1.54) is 35.9 Å². The number of nitrogens with zero attached hydrogens (tertiary/aromatic N) is 3. The summed E-state index contributed by atoms with van der Waals surface area (Å²) in [6, 6.07) is 15.0. The number of rotatable bonds is 2. The van der Waals surface area contributed by atoms with Crippen LogP contribution in [0.3, 0.4) is 0 Å². The normalized spacial score (nSPS) is 11.9. The summed E-state index contributed by atoms with van der Waals surface area (Å²) >= 11 is 0. The Morgan fingerprint density at radius 1 is 0.926 bits per heavy atom. The predicted molar refractivity (Wildman–Crippen MR) is 94.0 cm³/mol. The second kappa shape index (κ2) is 6.19. The molecule has 0 saturated carbocycles. The van der Waals surface area contributed by atoms with Crippen molar-refractivity contribution in [2.75, 3.05) is 0 Å². The monoisotopic (exact) mass is 371 g/mol. The highest BCUT2D eigenvalue weighted by Crippen LogP contribution is 2.38. The molecule has 0 atom stereocenters. The Hall–Kier alpha value is -3.22. The lowest BCUT2D eigenvalue weighted by Gasteiger charge is -2.12. The average Bonchev–Trinajstić information content (AvgIpc) is 2.98. The van der Waals surface area contributed by atoms with E-state index in [2.05, 4.69) is 10.1 Å². The maximum Gasteiger partial charge on any atom is 0.417 e. The zero-order valence-corrected chi connectivity index (χ0v) is 14.1. The molecule has 0 radical (unpaired) electrons. The summed E-state index contributed by atoms with van der Waals surface area (Å²) < 4.78 is 55.8. The largest absolute Gasteiger partial charge is 0.417 e. The van der Waals surface area contributed by atoms with E-state index in [1.54, 1.807) is 30.3 Å². The molecular weight excluding hydrogens is 358 g/mol. The van der Waals surface area contributed by atoms with Crippen LogP contribution in [0.15, 0.2) is 60.7 Å². The van der Waals surface area contributed by atoms with E-state index < -0.39 is 17.6 Å². The first-order chi connectivity index (χ1) is 12.8. The van der Waals surface area contributed by atoms with Gasteiger partial charge in [-0.3, -0.25) is 0 Å². The van der Waals surface area contributed by atoms with Crippen LogP contribution in [0, 0.1) is 12.7 Å². The third-order valence-corrected chi connectivity index (χ3v) is 4.26. The second-order valence-corrected chi connectivity index (χ2v) is 6.09. The zero-order valence-electron chi connectivity index (χ0n) is 14.1. The molecule has 0 N–H and O–H groups in total. The van der Waals surface area contributed by atoms with E-state index in [1.807, 2.05) is 0 Å². The van der Waals surface area contributed by atoms with E-state index in [9.17, 15) is 17.6 Å². The summed E-state index contributed by atoms with van der Waals surface area (Å²) in [5, 5.41) is 4.23. The number of benzene rings is 2. The van der Waals surface area contributed by atoms with Crippen LogP contribution in [0.1, 0.15) is 11.3 Å². The number of aryl methyl sites for hydroxylation is 1. The number of pyridine rings is 1. The van der Waals surface area contributed by atoms with Crippen LogP contribution in [0.25, 0.3) is 28.0 Å². The molecule has 0 saturated heterocycles. The van der Waals surface area contributed by atoms with Gasteiger partial charge in [-0.1, -0.05) is 18.2 Å². The van der Waals surface area contributed by atoms with Gasteiger partial charge in [0.15, 0.2) is 5.65 Å². The van der Waals surface area contributed by atoms with Crippen molar-refractivity contribution in [1.82, 2.24) is 14.8 Å². The van der Waals surface area contributed by atoms with Crippen LogP contribution in [0.5, 0.6) is 0 Å². The van der Waals surface area contributed by atoms with Crippen LogP contribution in [0.4, 0.5) is 17.6 Å². The fraction of sp³-hybridized carbons (Fsp3) is 0.100. The summed E-state index contributed by atoms with van der Waals surface area (Å²) in [5.74, 6) is -0.471. The lowest BCUT2D eigenvalue weighted by molar-refractivity contribution is -0.136. The van der Waals surface area contributed by atoms with Gasteiger partial charge in [0.1, 0.15) is 5.82 Å². The van der Waals surface area contributed by atoms with E-state index in [-0.39, 0.29) is 22.4 Å². The SMILES string of the molecule is Cc1nn(-c2ccccc2)c2nc(-c3ccc(F)cc3)cc(C(F)(F)F)c12. The van der Waals surface area contributed by atoms with Gasteiger partial charge in [-0.05, 0) is 49.4 Å². The lowest BCUT2D eigenvalue weighted by atomic mass is 10.1. The Kier molecular flexibility index (Phi) is 3.95. The minimum Gasteiger partial charge on any atom is -0.228 e. The first-order valence-corrected chi connectivity index (χ1v) is 8.13. The van der Waals surface area contributed by atoms with Crippen molar-refractivity contribution in [2.24, 2.45) is 0 Å². The van der Waals surface area contributed by atoms with Crippen molar-refractivity contribution in [3.8, 4) is 16.9 Å². The van der Waals surface area contributed by atoms with E-state index >= 15 is 0 Å². The molecule has 3 nitrogen and oxygen atoms in total. The third-order valence-electron chi connectivity index (χ3n) is 4.26. The van der Waals surface area contributed by atoms with Gasteiger partial charge in [0.2, 0.25) is 0 Å². The first-order valence-electron chi connectivity index (χ1n) is 8.13. The highest BCUT2D eigenvalue weighted by molar-refractivity contribution is 5.86. The summed E-state index contributed by atoms with van der Waals surface area (Å²) in [6.45, 7) is 1.52. The van der Waals surface area contributed by atoms with E-state index in [0.29, 0.717) is 11.3 Å². The molecule has 0 unspecified atom stereocenters. The Morgan fingerprint density at radius 3 is 2.22 bits per heavy atom. The number of hydrogen-bond donors (Lipinski definition) is 0. The minimum absolute atomic E-state index is 0.0442. The van der Waals surface area contributed by atoms with Crippen molar-refractivity contribution in [1.29, 1.82) is 0 Å². The van der Waals surface area contributed by atoms with E-state index in [0.717, 1.165) is 6.07 Å². The van der Waals surface area contributed by atoms with Crippen LogP contribution in [-0.2, 0) is 6.18 Å². The standard InChI is InChI=1S/C20H13F4N3/c1-12-18-16(20(22,23)24)11-17(13-7-9-14(21)10-8-13)25-19(18)27(26-12)15-5-3-2-4-6-15/h2-11H,1H3. The molecule has 2 heterocycles. The van der Waals surface area contributed by atoms with Crippen molar-refractivity contribution >= 4 is 11.0 Å². The lowest BCUT2D eigenvalue weighted by Crippen LogP contribution is -2.08. The van der Waals surface area contributed by atoms with Gasteiger partial charge >= 0.3 is 6.18 Å². The summed E-state index contributed by atoms with van der Waals surface area (Å²) in [5.41, 5.74) is 0.625. The molecule has 0 fully saturated rings. The Labute approximate surface area is 151 Å². The van der Waals surface area contributed by atoms with Crippen molar-refractivity contribution in [3.63, 3.8) is 0 Å². The predicted octanol–water partition coefficient (Wildman–Crippen LogP) is 5.55. The number of halogens is 4. The second-order valence-electron chi connectivity index (χ2n) is 6.09. The highest BCUT2D eigenvalue weighted by atomic mass is 19.4. The summed E-state index contributed by atoms with van der Waals surface area (Å²) in [4.78, 5) is 4.42. The summed E-state index contributed by atoms with van der Waals surface area (Å²) in [7, 11) is 0. The van der Waals surface area contributed by atoms with Crippen molar-refractivity contribution in [3.05, 3.63) is 77.7 Å². The molecule has 4 rings (SSSR count). The molecule has 0 aliphatic carbocycles. The molecule has 0 bridgehead atoms. The Balaban J connectivity index is 2.06. The van der Waals surface area contributed by atoms with Crippen LogP contribution in [-0.4, -0.2) is 14.8 Å². The van der Waals surface area contributed by atoms with Crippen molar-refractivity contribution in [2.45, 2.75) is 13.1 Å². The zero-order chi connectivity index (χ0) is 19.2. The highest BCUT2D eigenvalue weighted by Gasteiger charge is 2.35. The quantitative estimate of drug-likeness (QED) is 0.432. The molecule has 0 spiro atoms. The number of hydrogen-bond acceptors (Lipinski definition) is 2. The van der Waals surface area contributed by atoms with Gasteiger partial charge in [-0.15, -0.1) is 0 Å². The van der Waals surface area contributed by atoms with Crippen LogP contribution >= 0.6 is 0 Å². The number of fused-ring (bicyclic) bond motifs is 1. The topological polar surface area (TPSA) is 30.7 Å². The molecule has 7 heteroatoms. The van der Waals surface area contributed by atoms with Gasteiger partial charge in [-0.2, -0.15) is 18.3 Å². The molecule has 0 amide bonds. The Bertz CT molecular complexity index is 1110. The molecule has 136 valence electrons. The first kappa shape index (κ1) is 17.2. The van der Waals surface area contributed by atoms with E-state index in [4.69, 9.17) is 0 Å². The van der Waals surface area contributed by atoms with Crippen LogP contribution in [0.2, 0.25) is 0 Å². The molecular formula is C20H13F4N3. The van der Waals surface area contributed by atoms with Crippen molar-refractivity contribution < 1.29 is 17.6 Å². The Morgan fingerprint density at radius 2 is 1.59 bits per heavy atom. The fourth-order valence-corrected chi connectivity index (χ4v) is 3.03. The maximum absolute atomic E-state index is 13.7. The third kappa shape index (κ3) is 3.05. The maximum atomic E-state index is 13.7. The average molecular weight is 371 g/mol. The fourth-order valence-electron chi connectivity index (χ4n) is 3.03. The number of aromatic nitrogens is 3. The van der Waals surface area contributed by atoms with Gasteiger partial charge in [0, 0.05) is 5.56 Å². The number of para-hydroxylation sites is 1. The van der Waals surface area contributed by atoms with Gasteiger partial charge in [0.25, 0.3) is 0 Å². The van der Waals surface area contributed by atoms with Gasteiger partial charge < -0.3 is 0 Å². The molecule has 4 aromatic rings. The molecule has 27 heavy (non-hydrogen) atoms. The minimum atomic E-state index is -4.58. The molecule has 0 aliphatic heterocycles.